The number of likely N-dealkylation sites (N-methyl/N-ethyl adjacent to an activating group) is 1. The van der Waals surface area contributed by atoms with Crippen LogP contribution in [0.3, 0.4) is 0 Å². The zero-order valence-corrected chi connectivity index (χ0v) is 28.5. The Balaban J connectivity index is 1.58. The molecule has 4 amide bonds. The number of alkyl halides is 4. The van der Waals surface area contributed by atoms with Crippen molar-refractivity contribution >= 4 is 29.3 Å². The van der Waals surface area contributed by atoms with Gasteiger partial charge >= 0.3 is 5.92 Å². The summed E-state index contributed by atoms with van der Waals surface area (Å²) in [5, 5.41) is 7.15. The highest BCUT2D eigenvalue weighted by Crippen LogP contribution is 2.39. The number of amides is 4. The number of hydrogen-bond donors (Lipinski definition) is 3. The number of hydrogen-bond acceptors (Lipinski definition) is 6. The minimum atomic E-state index is -4.11. The first-order valence-electron chi connectivity index (χ1n) is 16.6. The van der Waals surface area contributed by atoms with Crippen LogP contribution < -0.4 is 20.7 Å². The fraction of sp³-hybridized carbons (Fsp3) is 0.543. The van der Waals surface area contributed by atoms with Gasteiger partial charge in [0.15, 0.2) is 0 Å². The first-order chi connectivity index (χ1) is 23.6. The predicted octanol–water partition coefficient (Wildman–Crippen LogP) is 4.65. The van der Waals surface area contributed by atoms with Crippen LogP contribution >= 0.6 is 0 Å². The van der Waals surface area contributed by atoms with Gasteiger partial charge in [-0.25, -0.2) is 13.2 Å². The van der Waals surface area contributed by atoms with Crippen molar-refractivity contribution in [2.75, 3.05) is 45.7 Å². The van der Waals surface area contributed by atoms with Crippen molar-refractivity contribution in [3.8, 4) is 5.75 Å². The molecular weight excluding hydrogens is 665 g/mol. The van der Waals surface area contributed by atoms with E-state index in [1.165, 1.54) is 31.4 Å². The summed E-state index contributed by atoms with van der Waals surface area (Å²) in [6, 6.07) is 5.69. The SMILES string of the molecule is CCC(=O)N[C@H](C)[C@@H](C(=O)N1CCN(C)CC1)c1ccc(NC(=O)[C@@H](NC(=O)C(F)(F)c2ccc(OC)cc2)C2CCC(F)(F)CC2)c(F)c1. The Labute approximate surface area is 288 Å². The molecule has 3 N–H and O–H groups in total. The Morgan fingerprint density at radius 3 is 2.16 bits per heavy atom. The van der Waals surface area contributed by atoms with Crippen molar-refractivity contribution in [2.24, 2.45) is 5.92 Å². The molecule has 0 spiro atoms. The van der Waals surface area contributed by atoms with Crippen molar-refractivity contribution < 1.29 is 45.9 Å². The number of halogens is 5. The van der Waals surface area contributed by atoms with Gasteiger partial charge in [0.1, 0.15) is 17.6 Å². The van der Waals surface area contributed by atoms with Crippen LogP contribution in [0.5, 0.6) is 5.75 Å². The summed E-state index contributed by atoms with van der Waals surface area (Å²) >= 11 is 0. The molecule has 0 radical (unpaired) electrons. The van der Waals surface area contributed by atoms with Crippen LogP contribution in [-0.4, -0.2) is 91.8 Å². The van der Waals surface area contributed by atoms with Crippen molar-refractivity contribution in [3.05, 3.63) is 59.4 Å². The van der Waals surface area contributed by atoms with Crippen molar-refractivity contribution in [2.45, 2.75) is 75.8 Å². The number of carbonyl (C=O) groups is 4. The van der Waals surface area contributed by atoms with Crippen molar-refractivity contribution in [1.29, 1.82) is 0 Å². The van der Waals surface area contributed by atoms with Crippen LogP contribution in [-0.2, 0) is 25.1 Å². The van der Waals surface area contributed by atoms with E-state index in [-0.39, 0.29) is 48.1 Å². The number of rotatable bonds is 12. The highest BCUT2D eigenvalue weighted by atomic mass is 19.3. The number of anilines is 1. The maximum absolute atomic E-state index is 15.7. The van der Waals surface area contributed by atoms with Crippen molar-refractivity contribution in [3.63, 3.8) is 0 Å². The summed E-state index contributed by atoms with van der Waals surface area (Å²) in [6.07, 6.45) is -1.58. The standard InChI is InChI=1S/C35H44F5N5O5/c1-5-28(46)41-21(2)29(32(48)45-18-16-44(3)17-19-45)23-6-11-27(26(36)20-23)42-31(47)30(22-12-14-34(37,38)15-13-22)43-33(49)35(39,40)24-7-9-25(50-4)10-8-24/h6-11,20-22,29-30H,5,12-19H2,1-4H3,(H,41,46)(H,42,47)(H,43,49)/t21-,29-,30+/m1/s1. The summed E-state index contributed by atoms with van der Waals surface area (Å²) in [7, 11) is 3.27. The fourth-order valence-corrected chi connectivity index (χ4v) is 6.30. The van der Waals surface area contributed by atoms with E-state index in [1.807, 2.05) is 7.05 Å². The second-order valence-electron chi connectivity index (χ2n) is 13.0. The third-order valence-electron chi connectivity index (χ3n) is 9.44. The van der Waals surface area contributed by atoms with Gasteiger partial charge in [0.05, 0.1) is 18.7 Å². The molecule has 2 aromatic rings. The number of nitrogens with one attached hydrogen (secondary N) is 3. The molecule has 0 bridgehead atoms. The minimum absolute atomic E-state index is 0.168. The minimum Gasteiger partial charge on any atom is -0.497 e. The predicted molar refractivity (Wildman–Crippen MR) is 175 cm³/mol. The Kier molecular flexibility index (Phi) is 12.5. The zero-order chi connectivity index (χ0) is 36.8. The summed E-state index contributed by atoms with van der Waals surface area (Å²) in [6.45, 7) is 5.45. The third kappa shape index (κ3) is 9.29. The molecule has 50 heavy (non-hydrogen) atoms. The molecule has 15 heteroatoms. The molecule has 2 fully saturated rings. The third-order valence-corrected chi connectivity index (χ3v) is 9.44. The van der Waals surface area contributed by atoms with E-state index in [4.69, 9.17) is 4.74 Å². The number of methoxy groups -OCH3 is 1. The monoisotopic (exact) mass is 709 g/mol. The molecule has 10 nitrogen and oxygen atoms in total. The summed E-state index contributed by atoms with van der Waals surface area (Å²) in [5.74, 6) is -13.2. The van der Waals surface area contributed by atoms with E-state index in [9.17, 15) is 28.0 Å². The van der Waals surface area contributed by atoms with Gasteiger partial charge < -0.3 is 30.5 Å². The van der Waals surface area contributed by atoms with E-state index >= 15 is 13.2 Å². The van der Waals surface area contributed by atoms with E-state index in [0.717, 1.165) is 18.2 Å². The Bertz CT molecular complexity index is 1520. The maximum atomic E-state index is 15.7. The zero-order valence-electron chi connectivity index (χ0n) is 28.5. The van der Waals surface area contributed by atoms with Gasteiger partial charge in [0.25, 0.3) is 5.91 Å². The summed E-state index contributed by atoms with van der Waals surface area (Å²) < 4.78 is 79.2. The number of benzene rings is 2. The number of ether oxygens (including phenoxy) is 1. The first-order valence-corrected chi connectivity index (χ1v) is 16.6. The fourth-order valence-electron chi connectivity index (χ4n) is 6.30. The molecule has 2 aromatic carbocycles. The molecule has 1 aliphatic carbocycles. The number of carbonyl (C=O) groups excluding carboxylic acids is 4. The van der Waals surface area contributed by atoms with Gasteiger partial charge in [-0.1, -0.05) is 13.0 Å². The lowest BCUT2D eigenvalue weighted by molar-refractivity contribution is -0.150. The normalized spacial score (nSPS) is 18.8. The van der Waals surface area contributed by atoms with E-state index in [2.05, 4.69) is 20.9 Å². The lowest BCUT2D eigenvalue weighted by Gasteiger charge is -2.36. The van der Waals surface area contributed by atoms with Crippen LogP contribution in [0.15, 0.2) is 42.5 Å². The Morgan fingerprint density at radius 1 is 0.980 bits per heavy atom. The maximum Gasteiger partial charge on any atom is 0.349 e. The highest BCUT2D eigenvalue weighted by molar-refractivity contribution is 5.98. The Morgan fingerprint density at radius 2 is 1.60 bits per heavy atom. The molecule has 1 saturated heterocycles. The number of nitrogens with zero attached hydrogens (tertiary/aromatic N) is 2. The van der Waals surface area contributed by atoms with Gasteiger partial charge in [-0.05, 0) is 74.7 Å². The number of piperazine rings is 1. The summed E-state index contributed by atoms with van der Waals surface area (Å²) in [5.41, 5.74) is -0.833. The van der Waals surface area contributed by atoms with E-state index in [0.29, 0.717) is 26.2 Å². The molecule has 3 atom stereocenters. The first kappa shape index (κ1) is 38.5. The molecule has 1 aliphatic heterocycles. The van der Waals surface area contributed by atoms with E-state index in [1.54, 1.807) is 18.7 Å². The van der Waals surface area contributed by atoms with Crippen LogP contribution in [0.25, 0.3) is 0 Å². The lowest BCUT2D eigenvalue weighted by Crippen LogP contribution is -2.53. The average Bonchev–Trinajstić information content (AvgIpc) is 3.08. The second-order valence-corrected chi connectivity index (χ2v) is 13.0. The average molecular weight is 710 g/mol. The summed E-state index contributed by atoms with van der Waals surface area (Å²) in [4.78, 5) is 56.2. The van der Waals surface area contributed by atoms with Crippen LogP contribution in [0.2, 0.25) is 0 Å². The van der Waals surface area contributed by atoms with Gasteiger partial charge in [-0.15, -0.1) is 0 Å². The molecular formula is C35H44F5N5O5. The van der Waals surface area contributed by atoms with Gasteiger partial charge in [-0.2, -0.15) is 8.78 Å². The van der Waals surface area contributed by atoms with Crippen LogP contribution in [0, 0.1) is 11.7 Å². The molecule has 4 rings (SSSR count). The quantitative estimate of drug-likeness (QED) is 0.277. The van der Waals surface area contributed by atoms with Crippen molar-refractivity contribution in [1.82, 2.24) is 20.4 Å². The molecule has 2 aliphatic rings. The molecule has 1 saturated carbocycles. The van der Waals surface area contributed by atoms with E-state index < -0.39 is 71.8 Å². The largest absolute Gasteiger partial charge is 0.497 e. The molecule has 0 unspecified atom stereocenters. The lowest BCUT2D eigenvalue weighted by atomic mass is 9.81. The molecule has 0 aromatic heterocycles. The molecule has 274 valence electrons. The van der Waals surface area contributed by atoms with Crippen LogP contribution in [0.1, 0.15) is 63.0 Å². The molecule has 1 heterocycles. The topological polar surface area (TPSA) is 120 Å². The second kappa shape index (κ2) is 16.2. The Hall–Kier alpha value is -4.27. The van der Waals surface area contributed by atoms with Gasteiger partial charge in [0.2, 0.25) is 23.6 Å². The smallest absolute Gasteiger partial charge is 0.349 e. The van der Waals surface area contributed by atoms with Crippen LogP contribution in [0.4, 0.5) is 27.6 Å². The van der Waals surface area contributed by atoms with Gasteiger partial charge in [-0.3, -0.25) is 19.2 Å². The highest BCUT2D eigenvalue weighted by Gasteiger charge is 2.46. The van der Waals surface area contributed by atoms with Gasteiger partial charge in [0, 0.05) is 57.0 Å².